The van der Waals surface area contributed by atoms with Crippen molar-refractivity contribution in [2.75, 3.05) is 13.3 Å². The van der Waals surface area contributed by atoms with Crippen LogP contribution in [0.25, 0.3) is 4.91 Å². The molecule has 0 aliphatic carbocycles. The first-order valence-electron chi connectivity index (χ1n) is 3.95. The Balaban J connectivity index is 2.92. The van der Waals surface area contributed by atoms with Gasteiger partial charge in [0.15, 0.2) is 0 Å². The van der Waals surface area contributed by atoms with Crippen molar-refractivity contribution < 1.29 is 4.39 Å². The van der Waals surface area contributed by atoms with Gasteiger partial charge in [0.1, 0.15) is 5.82 Å². The quantitative estimate of drug-likeness (QED) is 0.799. The second-order valence-corrected chi connectivity index (χ2v) is 3.36. The van der Waals surface area contributed by atoms with Crippen LogP contribution in [0.3, 0.4) is 0 Å². The van der Waals surface area contributed by atoms with E-state index >= 15 is 0 Å². The standard InChI is InChI=1S/C10H12FNS/c1-12-7-10(13-2)8-3-5-9(11)6-4-8/h3-7,12H,1-2H3/b10-7-. The average molecular weight is 197 g/mol. The molecular formula is C10H12FNS. The van der Waals surface area contributed by atoms with Crippen LogP contribution in [0.4, 0.5) is 4.39 Å². The topological polar surface area (TPSA) is 12.0 Å². The van der Waals surface area contributed by atoms with Crippen LogP contribution in [-0.2, 0) is 0 Å². The molecule has 0 aromatic heterocycles. The number of rotatable bonds is 3. The second kappa shape index (κ2) is 4.92. The number of thioether (sulfide) groups is 1. The lowest BCUT2D eigenvalue weighted by Crippen LogP contribution is -1.94. The zero-order valence-electron chi connectivity index (χ0n) is 7.67. The van der Waals surface area contributed by atoms with Gasteiger partial charge >= 0.3 is 0 Å². The second-order valence-electron chi connectivity index (χ2n) is 2.51. The molecule has 0 amide bonds. The molecule has 0 unspecified atom stereocenters. The summed E-state index contributed by atoms with van der Waals surface area (Å²) >= 11 is 1.63. The summed E-state index contributed by atoms with van der Waals surface area (Å²) < 4.78 is 12.6. The molecule has 0 aliphatic heterocycles. The zero-order chi connectivity index (χ0) is 9.68. The van der Waals surface area contributed by atoms with Crippen LogP contribution in [0, 0.1) is 5.82 Å². The summed E-state index contributed by atoms with van der Waals surface area (Å²) in [7, 11) is 1.85. The van der Waals surface area contributed by atoms with E-state index in [2.05, 4.69) is 5.32 Å². The molecule has 13 heavy (non-hydrogen) atoms. The van der Waals surface area contributed by atoms with Gasteiger partial charge in [0, 0.05) is 18.2 Å². The van der Waals surface area contributed by atoms with E-state index in [0.717, 1.165) is 10.5 Å². The predicted octanol–water partition coefficient (Wildman–Crippen LogP) is 2.71. The first-order valence-corrected chi connectivity index (χ1v) is 5.17. The average Bonchev–Trinajstić information content (AvgIpc) is 2.16. The van der Waals surface area contributed by atoms with Crippen LogP contribution < -0.4 is 5.32 Å². The molecular weight excluding hydrogens is 185 g/mol. The maximum Gasteiger partial charge on any atom is 0.123 e. The summed E-state index contributed by atoms with van der Waals surface area (Å²) in [5, 5.41) is 2.96. The van der Waals surface area contributed by atoms with Gasteiger partial charge in [-0.2, -0.15) is 0 Å². The fraction of sp³-hybridized carbons (Fsp3) is 0.200. The molecule has 0 bridgehead atoms. The van der Waals surface area contributed by atoms with Crippen LogP contribution in [0.2, 0.25) is 0 Å². The van der Waals surface area contributed by atoms with Crippen LogP contribution in [0.15, 0.2) is 30.5 Å². The van der Waals surface area contributed by atoms with Crippen LogP contribution in [0.1, 0.15) is 5.56 Å². The van der Waals surface area contributed by atoms with Gasteiger partial charge in [-0.15, -0.1) is 11.8 Å². The Morgan fingerprint density at radius 3 is 2.46 bits per heavy atom. The lowest BCUT2D eigenvalue weighted by Gasteiger charge is -2.03. The van der Waals surface area contributed by atoms with Crippen molar-refractivity contribution in [2.45, 2.75) is 0 Å². The largest absolute Gasteiger partial charge is 0.393 e. The summed E-state index contributed by atoms with van der Waals surface area (Å²) in [6, 6.07) is 6.48. The highest BCUT2D eigenvalue weighted by molar-refractivity contribution is 8.07. The molecule has 0 aliphatic rings. The molecule has 1 N–H and O–H groups in total. The summed E-state index contributed by atoms with van der Waals surface area (Å²) in [5.74, 6) is -0.200. The van der Waals surface area contributed by atoms with E-state index < -0.39 is 0 Å². The number of halogens is 1. The SMILES string of the molecule is CN/C=C(\SC)c1ccc(F)cc1. The summed E-state index contributed by atoms with van der Waals surface area (Å²) in [6.45, 7) is 0. The van der Waals surface area contributed by atoms with Crippen molar-refractivity contribution in [3.8, 4) is 0 Å². The molecule has 0 spiro atoms. The molecule has 0 heterocycles. The van der Waals surface area contributed by atoms with Gasteiger partial charge in [0.25, 0.3) is 0 Å². The Kier molecular flexibility index (Phi) is 3.83. The van der Waals surface area contributed by atoms with Gasteiger partial charge in [-0.1, -0.05) is 12.1 Å². The van der Waals surface area contributed by atoms with Crippen molar-refractivity contribution in [1.82, 2.24) is 5.32 Å². The van der Waals surface area contributed by atoms with Gasteiger partial charge in [0.05, 0.1) is 0 Å². The zero-order valence-corrected chi connectivity index (χ0v) is 8.49. The maximum atomic E-state index is 12.6. The third-order valence-electron chi connectivity index (χ3n) is 1.62. The normalized spacial score (nSPS) is 11.5. The van der Waals surface area contributed by atoms with Crippen molar-refractivity contribution in [2.24, 2.45) is 0 Å². The van der Waals surface area contributed by atoms with E-state index in [1.807, 2.05) is 19.5 Å². The minimum Gasteiger partial charge on any atom is -0.393 e. The number of benzene rings is 1. The summed E-state index contributed by atoms with van der Waals surface area (Å²) in [6.07, 6.45) is 3.89. The van der Waals surface area contributed by atoms with E-state index in [9.17, 15) is 4.39 Å². The Morgan fingerprint density at radius 1 is 1.38 bits per heavy atom. The minimum atomic E-state index is -0.200. The van der Waals surface area contributed by atoms with Crippen molar-refractivity contribution in [3.05, 3.63) is 41.8 Å². The van der Waals surface area contributed by atoms with Crippen molar-refractivity contribution in [3.63, 3.8) is 0 Å². The van der Waals surface area contributed by atoms with Crippen LogP contribution in [-0.4, -0.2) is 13.3 Å². The fourth-order valence-corrected chi connectivity index (χ4v) is 1.61. The molecule has 0 saturated carbocycles. The van der Waals surface area contributed by atoms with E-state index in [0.29, 0.717) is 0 Å². The number of hydrogen-bond acceptors (Lipinski definition) is 2. The fourth-order valence-electron chi connectivity index (χ4n) is 1.01. The van der Waals surface area contributed by atoms with Crippen LogP contribution in [0.5, 0.6) is 0 Å². The van der Waals surface area contributed by atoms with E-state index in [1.165, 1.54) is 12.1 Å². The number of nitrogens with one attached hydrogen (secondary N) is 1. The van der Waals surface area contributed by atoms with Crippen molar-refractivity contribution in [1.29, 1.82) is 0 Å². The molecule has 1 rings (SSSR count). The lowest BCUT2D eigenvalue weighted by atomic mass is 10.2. The molecule has 1 aromatic carbocycles. The van der Waals surface area contributed by atoms with Gasteiger partial charge in [0.2, 0.25) is 0 Å². The first kappa shape index (κ1) is 10.1. The predicted molar refractivity (Wildman–Crippen MR) is 57.0 cm³/mol. The third-order valence-corrected chi connectivity index (χ3v) is 2.42. The molecule has 0 atom stereocenters. The van der Waals surface area contributed by atoms with E-state index in [-0.39, 0.29) is 5.82 Å². The van der Waals surface area contributed by atoms with E-state index in [4.69, 9.17) is 0 Å². The van der Waals surface area contributed by atoms with Crippen molar-refractivity contribution >= 4 is 16.7 Å². The lowest BCUT2D eigenvalue weighted by molar-refractivity contribution is 0.627. The third kappa shape index (κ3) is 2.77. The molecule has 1 aromatic rings. The highest BCUT2D eigenvalue weighted by Crippen LogP contribution is 2.23. The molecule has 1 nitrogen and oxygen atoms in total. The first-order chi connectivity index (χ1) is 6.27. The Hall–Kier alpha value is -0.960. The van der Waals surface area contributed by atoms with Gasteiger partial charge in [-0.05, 0) is 24.0 Å². The van der Waals surface area contributed by atoms with E-state index in [1.54, 1.807) is 23.9 Å². The van der Waals surface area contributed by atoms with Gasteiger partial charge in [-0.3, -0.25) is 0 Å². The summed E-state index contributed by atoms with van der Waals surface area (Å²) in [5.41, 5.74) is 1.03. The molecule has 0 radical (unpaired) electrons. The molecule has 0 fully saturated rings. The highest BCUT2D eigenvalue weighted by atomic mass is 32.2. The van der Waals surface area contributed by atoms with Gasteiger partial charge < -0.3 is 5.32 Å². The molecule has 0 saturated heterocycles. The highest BCUT2D eigenvalue weighted by Gasteiger charge is 1.98. The summed E-state index contributed by atoms with van der Waals surface area (Å²) in [4.78, 5) is 1.10. The van der Waals surface area contributed by atoms with Gasteiger partial charge in [-0.25, -0.2) is 4.39 Å². The minimum absolute atomic E-state index is 0.200. The Labute approximate surface area is 82.0 Å². The smallest absolute Gasteiger partial charge is 0.123 e. The number of hydrogen-bond donors (Lipinski definition) is 1. The molecule has 70 valence electrons. The Morgan fingerprint density at radius 2 is 2.00 bits per heavy atom. The Bertz CT molecular complexity index is 292. The monoisotopic (exact) mass is 197 g/mol. The maximum absolute atomic E-state index is 12.6. The van der Waals surface area contributed by atoms with Crippen LogP contribution >= 0.6 is 11.8 Å². The molecule has 3 heteroatoms.